The van der Waals surface area contributed by atoms with Crippen LogP contribution in [-0.2, 0) is 0 Å². The maximum absolute atomic E-state index is 13.0. The summed E-state index contributed by atoms with van der Waals surface area (Å²) in [6.45, 7) is 0. The van der Waals surface area contributed by atoms with Crippen molar-refractivity contribution in [3.05, 3.63) is 63.9 Å². The number of thiocarbonyl (C=S) groups is 1. The van der Waals surface area contributed by atoms with Crippen LogP contribution in [0.4, 0.5) is 10.1 Å². The molecule has 0 unspecified atom stereocenters. The highest BCUT2D eigenvalue weighted by Gasteiger charge is 2.35. The minimum Gasteiger partial charge on any atom is -0.339 e. The summed E-state index contributed by atoms with van der Waals surface area (Å²) >= 11 is 34.9. The highest BCUT2D eigenvalue weighted by Crippen LogP contribution is 2.30. The minimum atomic E-state index is -1.94. The molecule has 0 spiro atoms. The number of amides is 1. The Morgan fingerprint density at radius 3 is 2.26 bits per heavy atom. The molecule has 0 radical (unpaired) electrons. The summed E-state index contributed by atoms with van der Waals surface area (Å²) in [5.74, 6) is -1.08. The standard InChI is InChI=1S/C16H11Cl5FN3OS/c17-9-3-6-11(18)12(7-9)23-15(27)25-14(16(19,20)21)24-13(26)8-1-4-10(22)5-2-8/h1-7,14H,(H,24,26)(H2,23,25,27)/t14-/m0/s1. The van der Waals surface area contributed by atoms with E-state index in [0.717, 1.165) is 12.1 Å². The molecule has 144 valence electrons. The van der Waals surface area contributed by atoms with Gasteiger partial charge in [0.1, 0.15) is 12.0 Å². The number of alkyl halides is 3. The first-order valence-electron chi connectivity index (χ1n) is 7.22. The lowest BCUT2D eigenvalue weighted by atomic mass is 10.2. The molecule has 0 aliphatic heterocycles. The summed E-state index contributed by atoms with van der Waals surface area (Å²) in [6, 6.07) is 9.61. The van der Waals surface area contributed by atoms with Crippen molar-refractivity contribution in [3.63, 3.8) is 0 Å². The Labute approximate surface area is 185 Å². The van der Waals surface area contributed by atoms with Gasteiger partial charge in [0.05, 0.1) is 10.7 Å². The van der Waals surface area contributed by atoms with Crippen LogP contribution >= 0.6 is 70.2 Å². The zero-order chi connectivity index (χ0) is 20.2. The summed E-state index contributed by atoms with van der Waals surface area (Å²) in [7, 11) is 0. The molecule has 2 aromatic rings. The van der Waals surface area contributed by atoms with Crippen LogP contribution in [0.3, 0.4) is 0 Å². The summed E-state index contributed by atoms with van der Waals surface area (Å²) in [5, 5.41) is 8.79. The molecular formula is C16H11Cl5FN3OS. The molecule has 2 rings (SSSR count). The predicted octanol–water partition coefficient (Wildman–Crippen LogP) is 5.55. The van der Waals surface area contributed by atoms with Gasteiger partial charge in [0.2, 0.25) is 3.79 Å². The van der Waals surface area contributed by atoms with E-state index < -0.39 is 21.7 Å². The molecule has 0 aliphatic carbocycles. The van der Waals surface area contributed by atoms with Crippen molar-refractivity contribution in [1.82, 2.24) is 10.6 Å². The van der Waals surface area contributed by atoms with Crippen molar-refractivity contribution in [2.75, 3.05) is 5.32 Å². The summed E-state index contributed by atoms with van der Waals surface area (Å²) in [5.41, 5.74) is 0.601. The molecule has 11 heteroatoms. The van der Waals surface area contributed by atoms with E-state index in [4.69, 9.17) is 70.2 Å². The van der Waals surface area contributed by atoms with E-state index in [1.54, 1.807) is 18.2 Å². The number of nitrogens with one attached hydrogen (secondary N) is 3. The normalized spacial score (nSPS) is 12.2. The smallest absolute Gasteiger partial charge is 0.252 e. The van der Waals surface area contributed by atoms with Crippen LogP contribution in [0.2, 0.25) is 10.0 Å². The Hall–Kier alpha value is -1.02. The van der Waals surface area contributed by atoms with Gasteiger partial charge in [-0.2, -0.15) is 0 Å². The van der Waals surface area contributed by atoms with Crippen molar-refractivity contribution in [2.45, 2.75) is 9.96 Å². The fourth-order valence-electron chi connectivity index (χ4n) is 1.90. The second-order valence-corrected chi connectivity index (χ2v) is 8.80. The van der Waals surface area contributed by atoms with Crippen LogP contribution in [0, 0.1) is 5.82 Å². The molecule has 0 aromatic heterocycles. The lowest BCUT2D eigenvalue weighted by Crippen LogP contribution is -2.56. The molecule has 0 fully saturated rings. The lowest BCUT2D eigenvalue weighted by molar-refractivity contribution is 0.0934. The topological polar surface area (TPSA) is 53.2 Å². The molecule has 0 heterocycles. The fraction of sp³-hybridized carbons (Fsp3) is 0.125. The molecule has 0 saturated carbocycles. The number of hydrogen-bond acceptors (Lipinski definition) is 2. The highest BCUT2D eigenvalue weighted by atomic mass is 35.6. The van der Waals surface area contributed by atoms with Gasteiger partial charge >= 0.3 is 0 Å². The number of carbonyl (C=O) groups is 1. The SMILES string of the molecule is O=C(N[C@@H](NC(=S)Nc1cc(Cl)ccc1Cl)C(Cl)(Cl)Cl)c1ccc(F)cc1. The van der Waals surface area contributed by atoms with E-state index in [2.05, 4.69) is 16.0 Å². The average Bonchev–Trinajstić information content (AvgIpc) is 2.57. The van der Waals surface area contributed by atoms with E-state index in [1.165, 1.54) is 12.1 Å². The first-order valence-corrected chi connectivity index (χ1v) is 9.52. The van der Waals surface area contributed by atoms with Gasteiger partial charge in [-0.25, -0.2) is 4.39 Å². The second kappa shape index (κ2) is 9.45. The molecule has 4 nitrogen and oxygen atoms in total. The Kier molecular flexibility index (Phi) is 7.80. The van der Waals surface area contributed by atoms with Crippen LogP contribution in [0.1, 0.15) is 10.4 Å². The van der Waals surface area contributed by atoms with Crippen molar-refractivity contribution >= 4 is 86.9 Å². The second-order valence-electron chi connectivity index (χ2n) is 5.18. The van der Waals surface area contributed by atoms with Gasteiger partial charge in [0.15, 0.2) is 5.11 Å². The molecule has 0 bridgehead atoms. The van der Waals surface area contributed by atoms with Crippen molar-refractivity contribution < 1.29 is 9.18 Å². The Morgan fingerprint density at radius 2 is 1.67 bits per heavy atom. The quantitative estimate of drug-likeness (QED) is 0.300. The van der Waals surface area contributed by atoms with E-state index >= 15 is 0 Å². The number of hydrogen-bond donors (Lipinski definition) is 3. The molecule has 0 saturated heterocycles. The van der Waals surface area contributed by atoms with Crippen molar-refractivity contribution in [3.8, 4) is 0 Å². The Morgan fingerprint density at radius 1 is 1.04 bits per heavy atom. The molecule has 1 amide bonds. The van der Waals surface area contributed by atoms with Gasteiger partial charge in [0, 0.05) is 10.6 Å². The van der Waals surface area contributed by atoms with Crippen LogP contribution in [0.25, 0.3) is 0 Å². The van der Waals surface area contributed by atoms with Crippen molar-refractivity contribution in [2.24, 2.45) is 0 Å². The van der Waals surface area contributed by atoms with Gasteiger partial charge in [-0.05, 0) is 54.7 Å². The molecule has 0 aliphatic rings. The Balaban J connectivity index is 2.10. The summed E-state index contributed by atoms with van der Waals surface area (Å²) in [6.07, 6.45) is -1.20. The number of rotatable bonds is 4. The van der Waals surface area contributed by atoms with E-state index in [-0.39, 0.29) is 10.7 Å². The van der Waals surface area contributed by atoms with E-state index in [9.17, 15) is 9.18 Å². The molecule has 2 aromatic carbocycles. The third-order valence-electron chi connectivity index (χ3n) is 3.16. The number of halogens is 6. The first kappa shape index (κ1) is 22.3. The number of anilines is 1. The van der Waals surface area contributed by atoms with E-state index in [0.29, 0.717) is 15.7 Å². The monoisotopic (exact) mass is 487 g/mol. The average molecular weight is 490 g/mol. The highest BCUT2D eigenvalue weighted by molar-refractivity contribution is 7.80. The first-order chi connectivity index (χ1) is 12.6. The van der Waals surface area contributed by atoms with Crippen LogP contribution in [0.15, 0.2) is 42.5 Å². The van der Waals surface area contributed by atoms with Gasteiger partial charge in [-0.3, -0.25) is 4.79 Å². The zero-order valence-corrected chi connectivity index (χ0v) is 17.8. The van der Waals surface area contributed by atoms with E-state index in [1.807, 2.05) is 0 Å². The molecule has 3 N–H and O–H groups in total. The lowest BCUT2D eigenvalue weighted by Gasteiger charge is -2.28. The van der Waals surface area contributed by atoms with Gasteiger partial charge < -0.3 is 16.0 Å². The zero-order valence-electron chi connectivity index (χ0n) is 13.2. The number of benzene rings is 2. The number of carbonyl (C=O) groups excluding carboxylic acids is 1. The predicted molar refractivity (Wildman–Crippen MR) is 114 cm³/mol. The van der Waals surface area contributed by atoms with Gasteiger partial charge in [0.25, 0.3) is 5.91 Å². The molecule has 1 atom stereocenters. The third kappa shape index (κ3) is 6.82. The van der Waals surface area contributed by atoms with Crippen molar-refractivity contribution in [1.29, 1.82) is 0 Å². The molecular weight excluding hydrogens is 479 g/mol. The largest absolute Gasteiger partial charge is 0.339 e. The maximum Gasteiger partial charge on any atom is 0.252 e. The fourth-order valence-corrected chi connectivity index (χ4v) is 2.79. The van der Waals surface area contributed by atoms with Crippen LogP contribution < -0.4 is 16.0 Å². The van der Waals surface area contributed by atoms with Gasteiger partial charge in [-0.15, -0.1) is 0 Å². The third-order valence-corrected chi connectivity index (χ3v) is 4.60. The van der Waals surface area contributed by atoms with Gasteiger partial charge in [-0.1, -0.05) is 58.0 Å². The van der Waals surface area contributed by atoms with Crippen LogP contribution in [0.5, 0.6) is 0 Å². The summed E-state index contributed by atoms with van der Waals surface area (Å²) < 4.78 is 11.0. The maximum atomic E-state index is 13.0. The minimum absolute atomic E-state index is 0.0231. The van der Waals surface area contributed by atoms with Crippen LogP contribution in [-0.4, -0.2) is 21.0 Å². The summed E-state index contributed by atoms with van der Waals surface area (Å²) in [4.78, 5) is 12.3. The molecule has 27 heavy (non-hydrogen) atoms. The Bertz CT molecular complexity index is 845.